The number of carbonyl (C=O) groups is 2. The summed E-state index contributed by atoms with van der Waals surface area (Å²) in [6.07, 6.45) is 0.106. The van der Waals surface area contributed by atoms with Gasteiger partial charge < -0.3 is 10.6 Å². The van der Waals surface area contributed by atoms with Gasteiger partial charge in [0.2, 0.25) is 15.9 Å². The van der Waals surface area contributed by atoms with E-state index in [2.05, 4.69) is 10.6 Å². The molecule has 2 rings (SSSR count). The van der Waals surface area contributed by atoms with Crippen LogP contribution in [0.15, 0.2) is 59.5 Å². The van der Waals surface area contributed by atoms with E-state index in [1.165, 1.54) is 23.5 Å². The highest BCUT2D eigenvalue weighted by molar-refractivity contribution is 7.89. The zero-order valence-electron chi connectivity index (χ0n) is 16.2. The van der Waals surface area contributed by atoms with Crippen LogP contribution in [0, 0.1) is 0 Å². The Morgan fingerprint density at radius 2 is 1.61 bits per heavy atom. The second-order valence-electron chi connectivity index (χ2n) is 6.56. The van der Waals surface area contributed by atoms with Gasteiger partial charge in [-0.3, -0.25) is 9.59 Å². The van der Waals surface area contributed by atoms with Crippen molar-refractivity contribution in [3.8, 4) is 0 Å². The van der Waals surface area contributed by atoms with Crippen molar-refractivity contribution >= 4 is 27.5 Å². The predicted molar refractivity (Wildman–Crippen MR) is 109 cm³/mol. The van der Waals surface area contributed by atoms with Gasteiger partial charge in [0.05, 0.1) is 4.90 Å². The first kappa shape index (κ1) is 21.6. The van der Waals surface area contributed by atoms with Crippen molar-refractivity contribution < 1.29 is 18.0 Å². The van der Waals surface area contributed by atoms with Gasteiger partial charge >= 0.3 is 0 Å². The highest BCUT2D eigenvalue weighted by Crippen LogP contribution is 2.19. The van der Waals surface area contributed by atoms with E-state index < -0.39 is 10.0 Å². The quantitative estimate of drug-likeness (QED) is 0.708. The third-order valence-corrected chi connectivity index (χ3v) is 6.26. The zero-order chi connectivity index (χ0) is 20.7. The molecular weight excluding hydrogens is 378 g/mol. The molecule has 0 aliphatic heterocycles. The molecule has 0 aromatic heterocycles. The molecule has 0 aliphatic rings. The number of hydrogen-bond donors (Lipinski definition) is 2. The second-order valence-corrected chi connectivity index (χ2v) is 8.56. The summed E-state index contributed by atoms with van der Waals surface area (Å²) in [5, 5.41) is 5.37. The Balaban J connectivity index is 1.87. The van der Waals surface area contributed by atoms with Crippen molar-refractivity contribution in [1.29, 1.82) is 0 Å². The molecule has 2 amide bonds. The van der Waals surface area contributed by atoms with Crippen LogP contribution in [-0.2, 0) is 14.8 Å². The molecule has 0 saturated heterocycles. The van der Waals surface area contributed by atoms with Crippen LogP contribution in [0.5, 0.6) is 0 Å². The van der Waals surface area contributed by atoms with E-state index in [9.17, 15) is 18.0 Å². The predicted octanol–water partition coefficient (Wildman–Crippen LogP) is 2.47. The summed E-state index contributed by atoms with van der Waals surface area (Å²) < 4.78 is 26.1. The molecule has 150 valence electrons. The summed E-state index contributed by atoms with van der Waals surface area (Å²) in [6, 6.07) is 14.6. The van der Waals surface area contributed by atoms with Gasteiger partial charge in [0.25, 0.3) is 5.91 Å². The molecule has 0 spiro atoms. The molecule has 7 nitrogen and oxygen atoms in total. The van der Waals surface area contributed by atoms with Crippen molar-refractivity contribution in [3.05, 3.63) is 60.2 Å². The molecule has 0 aliphatic carbocycles. The number of nitrogens with one attached hydrogen (secondary N) is 2. The van der Waals surface area contributed by atoms with Gasteiger partial charge in [-0.25, -0.2) is 8.42 Å². The van der Waals surface area contributed by atoms with E-state index in [0.717, 1.165) is 0 Å². The maximum absolute atomic E-state index is 12.4. The fourth-order valence-corrected chi connectivity index (χ4v) is 3.73. The van der Waals surface area contributed by atoms with Gasteiger partial charge in [0.1, 0.15) is 0 Å². The van der Waals surface area contributed by atoms with Gasteiger partial charge in [0, 0.05) is 37.3 Å². The first-order valence-electron chi connectivity index (χ1n) is 8.93. The van der Waals surface area contributed by atoms with Gasteiger partial charge in [-0.1, -0.05) is 18.2 Å². The average molecular weight is 404 g/mol. The Kier molecular flexibility index (Phi) is 7.31. The molecule has 0 saturated carbocycles. The Hall–Kier alpha value is -2.71. The second kappa shape index (κ2) is 9.48. The van der Waals surface area contributed by atoms with Crippen LogP contribution in [0.1, 0.15) is 30.6 Å². The minimum atomic E-state index is -3.56. The normalized spacial score (nSPS) is 11.5. The lowest BCUT2D eigenvalue weighted by Crippen LogP contribution is -2.33. The SMILES string of the molecule is CC(C)N(C)S(=O)(=O)c1ccc(NC(=O)CCNC(=O)c2ccccc2)cc1. The molecule has 0 bridgehead atoms. The van der Waals surface area contributed by atoms with Gasteiger partial charge in [-0.15, -0.1) is 0 Å². The minimum absolute atomic E-state index is 0.106. The summed E-state index contributed by atoms with van der Waals surface area (Å²) in [4.78, 5) is 24.1. The first-order valence-corrected chi connectivity index (χ1v) is 10.4. The van der Waals surface area contributed by atoms with E-state index in [1.807, 2.05) is 6.07 Å². The molecule has 28 heavy (non-hydrogen) atoms. The molecule has 2 aromatic carbocycles. The number of amides is 2. The highest BCUT2D eigenvalue weighted by Gasteiger charge is 2.22. The molecule has 0 radical (unpaired) electrons. The number of rotatable bonds is 8. The number of benzene rings is 2. The largest absolute Gasteiger partial charge is 0.352 e. The summed E-state index contributed by atoms with van der Waals surface area (Å²) >= 11 is 0. The van der Waals surface area contributed by atoms with Gasteiger partial charge in [-0.05, 0) is 50.2 Å². The molecule has 2 aromatic rings. The fraction of sp³-hybridized carbons (Fsp3) is 0.300. The Morgan fingerprint density at radius 1 is 1.00 bits per heavy atom. The molecule has 0 fully saturated rings. The van der Waals surface area contributed by atoms with Crippen molar-refractivity contribution in [2.24, 2.45) is 0 Å². The maximum Gasteiger partial charge on any atom is 0.251 e. The van der Waals surface area contributed by atoms with Crippen molar-refractivity contribution in [2.45, 2.75) is 31.2 Å². The van der Waals surface area contributed by atoms with E-state index in [1.54, 1.807) is 50.2 Å². The van der Waals surface area contributed by atoms with Crippen LogP contribution >= 0.6 is 0 Å². The van der Waals surface area contributed by atoms with Gasteiger partial charge in [0.15, 0.2) is 0 Å². The van der Waals surface area contributed by atoms with E-state index in [4.69, 9.17) is 0 Å². The lowest BCUT2D eigenvalue weighted by molar-refractivity contribution is -0.116. The Bertz CT molecular complexity index is 910. The minimum Gasteiger partial charge on any atom is -0.352 e. The lowest BCUT2D eigenvalue weighted by Gasteiger charge is -2.21. The van der Waals surface area contributed by atoms with Crippen LogP contribution in [0.3, 0.4) is 0 Å². The van der Waals surface area contributed by atoms with Crippen LogP contribution in [0.4, 0.5) is 5.69 Å². The monoisotopic (exact) mass is 403 g/mol. The molecule has 0 heterocycles. The number of sulfonamides is 1. The maximum atomic E-state index is 12.4. The molecule has 0 unspecified atom stereocenters. The van der Waals surface area contributed by atoms with E-state index in [-0.39, 0.29) is 35.7 Å². The van der Waals surface area contributed by atoms with E-state index >= 15 is 0 Å². The fourth-order valence-electron chi connectivity index (χ4n) is 2.36. The Labute approximate surface area is 165 Å². The number of anilines is 1. The topological polar surface area (TPSA) is 95.6 Å². The van der Waals surface area contributed by atoms with Crippen molar-refractivity contribution in [3.63, 3.8) is 0 Å². The Morgan fingerprint density at radius 3 is 2.18 bits per heavy atom. The summed E-state index contributed by atoms with van der Waals surface area (Å²) in [5.41, 5.74) is 1.02. The summed E-state index contributed by atoms with van der Waals surface area (Å²) in [5.74, 6) is -0.513. The summed E-state index contributed by atoms with van der Waals surface area (Å²) in [6.45, 7) is 3.79. The van der Waals surface area contributed by atoms with Crippen LogP contribution in [0.2, 0.25) is 0 Å². The number of hydrogen-bond acceptors (Lipinski definition) is 4. The molecular formula is C20H25N3O4S. The van der Waals surface area contributed by atoms with Crippen LogP contribution in [0.25, 0.3) is 0 Å². The smallest absolute Gasteiger partial charge is 0.251 e. The number of nitrogens with zero attached hydrogens (tertiary/aromatic N) is 1. The average Bonchev–Trinajstić information content (AvgIpc) is 2.68. The third kappa shape index (κ3) is 5.64. The van der Waals surface area contributed by atoms with Crippen molar-refractivity contribution in [1.82, 2.24) is 9.62 Å². The van der Waals surface area contributed by atoms with Crippen LogP contribution in [-0.4, -0.2) is 44.2 Å². The number of carbonyl (C=O) groups excluding carboxylic acids is 2. The van der Waals surface area contributed by atoms with Crippen molar-refractivity contribution in [2.75, 3.05) is 18.9 Å². The van der Waals surface area contributed by atoms with E-state index in [0.29, 0.717) is 11.3 Å². The zero-order valence-corrected chi connectivity index (χ0v) is 17.0. The molecule has 8 heteroatoms. The molecule has 2 N–H and O–H groups in total. The highest BCUT2D eigenvalue weighted by atomic mass is 32.2. The molecule has 0 atom stereocenters. The standard InChI is InChI=1S/C20H25N3O4S/c1-15(2)23(3)28(26,27)18-11-9-17(10-12-18)22-19(24)13-14-21-20(25)16-7-5-4-6-8-16/h4-12,15H,13-14H2,1-3H3,(H,21,25)(H,22,24). The van der Waals surface area contributed by atoms with Gasteiger partial charge in [-0.2, -0.15) is 4.31 Å². The van der Waals surface area contributed by atoms with Crippen LogP contribution < -0.4 is 10.6 Å². The lowest BCUT2D eigenvalue weighted by atomic mass is 10.2. The first-order chi connectivity index (χ1) is 13.2. The third-order valence-electron chi connectivity index (χ3n) is 4.22. The summed E-state index contributed by atoms with van der Waals surface area (Å²) in [7, 11) is -2.03.